The Bertz CT molecular complexity index is 1460. The van der Waals surface area contributed by atoms with E-state index in [1.54, 1.807) is 24.4 Å². The van der Waals surface area contributed by atoms with Gasteiger partial charge in [-0.25, -0.2) is 4.98 Å². The Balaban J connectivity index is 1.05. The highest BCUT2D eigenvalue weighted by atomic mass is 16.2. The molecular weight excluding hydrogens is 462 g/mol. The molecule has 0 atom stereocenters. The highest BCUT2D eigenvalue weighted by molar-refractivity contribution is 6.03. The van der Waals surface area contributed by atoms with Crippen LogP contribution in [-0.2, 0) is 4.79 Å². The van der Waals surface area contributed by atoms with Gasteiger partial charge in [-0.05, 0) is 111 Å². The minimum Gasteiger partial charge on any atom is -0.338 e. The highest BCUT2D eigenvalue weighted by Gasteiger charge is 2.54. The SMILES string of the molecule is O=C(Nc1ccc2nc(-c3ccc(NC(=O)C45CC6CC(CC(C6)C4)C5)cc3)[nH]c2c1)c1ccccn1. The summed E-state index contributed by atoms with van der Waals surface area (Å²) in [5, 5.41) is 6.11. The molecule has 4 fully saturated rings. The summed E-state index contributed by atoms with van der Waals surface area (Å²) >= 11 is 0. The number of fused-ring (bicyclic) bond motifs is 1. The van der Waals surface area contributed by atoms with Crippen LogP contribution in [-0.4, -0.2) is 26.8 Å². The van der Waals surface area contributed by atoms with Gasteiger partial charge in [0.1, 0.15) is 11.5 Å². The second-order valence-corrected chi connectivity index (χ2v) is 11.2. The van der Waals surface area contributed by atoms with Crippen LogP contribution in [0.25, 0.3) is 22.4 Å². The van der Waals surface area contributed by atoms with Gasteiger partial charge in [0.05, 0.1) is 16.4 Å². The number of H-pyrrole nitrogens is 1. The minimum atomic E-state index is -0.258. The van der Waals surface area contributed by atoms with Crippen LogP contribution in [0, 0.1) is 23.2 Å². The van der Waals surface area contributed by atoms with Gasteiger partial charge in [-0.2, -0.15) is 0 Å². The molecule has 4 aliphatic rings. The van der Waals surface area contributed by atoms with Crippen molar-refractivity contribution in [1.29, 1.82) is 0 Å². The predicted octanol–water partition coefficient (Wildman–Crippen LogP) is 6.03. The van der Waals surface area contributed by atoms with E-state index < -0.39 is 0 Å². The molecule has 4 bridgehead atoms. The van der Waals surface area contributed by atoms with Gasteiger partial charge in [0.15, 0.2) is 0 Å². The fourth-order valence-electron chi connectivity index (χ4n) is 7.28. The third-order valence-corrected chi connectivity index (χ3v) is 8.57. The maximum absolute atomic E-state index is 13.4. The number of hydrogen-bond acceptors (Lipinski definition) is 4. The number of aromatic nitrogens is 3. The van der Waals surface area contributed by atoms with Crippen LogP contribution in [0.15, 0.2) is 66.9 Å². The molecule has 0 unspecified atom stereocenters. The van der Waals surface area contributed by atoms with E-state index in [9.17, 15) is 9.59 Å². The lowest BCUT2D eigenvalue weighted by Gasteiger charge is -2.55. The number of imidazole rings is 1. The molecule has 3 N–H and O–H groups in total. The molecule has 4 aliphatic carbocycles. The third-order valence-electron chi connectivity index (χ3n) is 8.57. The number of nitrogens with one attached hydrogen (secondary N) is 3. The van der Waals surface area contributed by atoms with Crippen LogP contribution in [0.4, 0.5) is 11.4 Å². The molecule has 0 saturated heterocycles. The smallest absolute Gasteiger partial charge is 0.274 e. The van der Waals surface area contributed by atoms with Gasteiger partial charge in [0, 0.05) is 23.1 Å². The van der Waals surface area contributed by atoms with Gasteiger partial charge < -0.3 is 15.6 Å². The molecule has 4 aromatic rings. The molecule has 2 amide bonds. The summed E-state index contributed by atoms with van der Waals surface area (Å²) in [4.78, 5) is 38.0. The van der Waals surface area contributed by atoms with Gasteiger partial charge in [-0.3, -0.25) is 14.6 Å². The lowest BCUT2D eigenvalue weighted by molar-refractivity contribution is -0.140. The molecule has 4 saturated carbocycles. The van der Waals surface area contributed by atoms with Crippen molar-refractivity contribution in [3.63, 3.8) is 0 Å². The molecular formula is C30H29N5O2. The largest absolute Gasteiger partial charge is 0.338 e. The molecule has 0 spiro atoms. The van der Waals surface area contributed by atoms with Gasteiger partial charge in [-0.1, -0.05) is 6.07 Å². The number of benzene rings is 2. The van der Waals surface area contributed by atoms with E-state index in [1.807, 2.05) is 42.5 Å². The first-order valence-electron chi connectivity index (χ1n) is 13.2. The second kappa shape index (κ2) is 8.54. The lowest BCUT2D eigenvalue weighted by atomic mass is 9.49. The van der Waals surface area contributed by atoms with E-state index >= 15 is 0 Å². The molecule has 2 heterocycles. The first-order chi connectivity index (χ1) is 18.0. The van der Waals surface area contributed by atoms with E-state index in [0.717, 1.165) is 65.1 Å². The molecule has 2 aromatic heterocycles. The first-order valence-corrected chi connectivity index (χ1v) is 13.2. The van der Waals surface area contributed by atoms with Crippen molar-refractivity contribution in [3.8, 4) is 11.4 Å². The molecule has 0 aliphatic heterocycles. The van der Waals surface area contributed by atoms with Crippen molar-refractivity contribution in [3.05, 3.63) is 72.6 Å². The van der Waals surface area contributed by atoms with Gasteiger partial charge in [0.2, 0.25) is 5.91 Å². The monoisotopic (exact) mass is 491 g/mol. The summed E-state index contributed by atoms with van der Waals surface area (Å²) in [7, 11) is 0. The van der Waals surface area contributed by atoms with Crippen LogP contribution in [0.2, 0.25) is 0 Å². The number of anilines is 2. The second-order valence-electron chi connectivity index (χ2n) is 11.2. The van der Waals surface area contributed by atoms with Crippen molar-refractivity contribution in [2.45, 2.75) is 38.5 Å². The van der Waals surface area contributed by atoms with E-state index in [-0.39, 0.29) is 17.2 Å². The number of rotatable bonds is 5. The standard InChI is InChI=1S/C30H29N5O2/c36-28(25-3-1-2-10-31-25)32-23-8-9-24-26(14-23)35-27(34-24)21-4-6-22(7-5-21)33-29(37)30-15-18-11-19(16-30)13-20(12-18)17-30/h1-10,14,18-20H,11-13,15-17H2,(H,32,36)(H,33,37)(H,34,35). The van der Waals surface area contributed by atoms with E-state index in [2.05, 4.69) is 20.6 Å². The third kappa shape index (κ3) is 4.08. The van der Waals surface area contributed by atoms with Crippen molar-refractivity contribution in [2.24, 2.45) is 23.2 Å². The van der Waals surface area contributed by atoms with Crippen LogP contribution in [0.1, 0.15) is 49.0 Å². The van der Waals surface area contributed by atoms with Crippen molar-refractivity contribution in [1.82, 2.24) is 15.0 Å². The molecule has 8 rings (SSSR count). The Labute approximate surface area is 215 Å². The zero-order valence-corrected chi connectivity index (χ0v) is 20.5. The summed E-state index contributed by atoms with van der Waals surface area (Å²) < 4.78 is 0. The van der Waals surface area contributed by atoms with Crippen molar-refractivity contribution in [2.75, 3.05) is 10.6 Å². The quantitative estimate of drug-likeness (QED) is 0.317. The van der Waals surface area contributed by atoms with Gasteiger partial charge >= 0.3 is 0 Å². The summed E-state index contributed by atoms with van der Waals surface area (Å²) in [5.41, 5.74) is 4.28. The van der Waals surface area contributed by atoms with Crippen LogP contribution in [0.3, 0.4) is 0 Å². The molecule has 7 heteroatoms. The topological polar surface area (TPSA) is 99.8 Å². The summed E-state index contributed by atoms with van der Waals surface area (Å²) in [6.07, 6.45) is 8.77. The average Bonchev–Trinajstić information content (AvgIpc) is 3.32. The highest BCUT2D eigenvalue weighted by Crippen LogP contribution is 2.60. The lowest BCUT2D eigenvalue weighted by Crippen LogP contribution is -2.51. The number of hydrogen-bond donors (Lipinski definition) is 3. The van der Waals surface area contributed by atoms with Gasteiger partial charge in [0.25, 0.3) is 5.91 Å². The first kappa shape index (κ1) is 22.2. The maximum Gasteiger partial charge on any atom is 0.274 e. The minimum absolute atomic E-state index is 0.157. The number of aromatic amines is 1. The number of pyridine rings is 1. The Morgan fingerprint density at radius 3 is 2.22 bits per heavy atom. The zero-order chi connectivity index (χ0) is 25.0. The fourth-order valence-corrected chi connectivity index (χ4v) is 7.28. The Morgan fingerprint density at radius 1 is 0.838 bits per heavy atom. The van der Waals surface area contributed by atoms with E-state index in [1.165, 1.54) is 19.3 Å². The Morgan fingerprint density at radius 2 is 1.54 bits per heavy atom. The van der Waals surface area contributed by atoms with Crippen molar-refractivity contribution >= 4 is 34.2 Å². The number of amides is 2. The summed E-state index contributed by atoms with van der Waals surface area (Å²) in [6, 6.07) is 18.7. The normalized spacial score (nSPS) is 25.8. The Kier molecular flexibility index (Phi) is 5.13. The number of nitrogens with zero attached hydrogens (tertiary/aromatic N) is 2. The van der Waals surface area contributed by atoms with Crippen LogP contribution in [0.5, 0.6) is 0 Å². The average molecular weight is 492 g/mol. The zero-order valence-electron chi connectivity index (χ0n) is 20.5. The van der Waals surface area contributed by atoms with Crippen LogP contribution >= 0.6 is 0 Å². The van der Waals surface area contributed by atoms with Crippen molar-refractivity contribution < 1.29 is 9.59 Å². The summed E-state index contributed by atoms with van der Waals surface area (Å²) in [6.45, 7) is 0. The van der Waals surface area contributed by atoms with E-state index in [4.69, 9.17) is 4.98 Å². The summed E-state index contributed by atoms with van der Waals surface area (Å²) in [5.74, 6) is 2.93. The number of carbonyl (C=O) groups excluding carboxylic acids is 2. The number of carbonyl (C=O) groups is 2. The molecule has 37 heavy (non-hydrogen) atoms. The maximum atomic E-state index is 13.4. The molecule has 0 radical (unpaired) electrons. The molecule has 2 aromatic carbocycles. The van der Waals surface area contributed by atoms with Crippen LogP contribution < -0.4 is 10.6 Å². The molecule has 7 nitrogen and oxygen atoms in total. The fraction of sp³-hybridized carbons (Fsp3) is 0.333. The van der Waals surface area contributed by atoms with E-state index in [0.29, 0.717) is 11.4 Å². The Hall–Kier alpha value is -4.00. The predicted molar refractivity (Wildman–Crippen MR) is 143 cm³/mol. The van der Waals surface area contributed by atoms with Gasteiger partial charge in [-0.15, -0.1) is 0 Å². The molecule has 186 valence electrons.